The summed E-state index contributed by atoms with van der Waals surface area (Å²) in [6.07, 6.45) is 2.00. The zero-order valence-corrected chi connectivity index (χ0v) is 8.50. The second-order valence-electron chi connectivity index (χ2n) is 4.07. The highest BCUT2D eigenvalue weighted by Gasteiger charge is 2.25. The van der Waals surface area contributed by atoms with E-state index in [-0.39, 0.29) is 0 Å². The van der Waals surface area contributed by atoms with E-state index < -0.39 is 5.97 Å². The van der Waals surface area contributed by atoms with Gasteiger partial charge in [-0.05, 0) is 48.4 Å². The standard InChI is InChI=1S/C12H14O2/c1-7-3-5-9-10(12(13)14)6-4-8(2)11(7)9/h4,6-7H,3,5H2,1-2H3,(H,13,14)/t7-/m1/s1. The molecule has 2 heteroatoms. The van der Waals surface area contributed by atoms with Crippen LogP contribution in [0.3, 0.4) is 0 Å². The summed E-state index contributed by atoms with van der Waals surface area (Å²) in [6.45, 7) is 4.23. The molecule has 0 amide bonds. The number of benzene rings is 1. The number of carbonyl (C=O) groups is 1. The largest absolute Gasteiger partial charge is 0.478 e. The van der Waals surface area contributed by atoms with E-state index in [1.807, 2.05) is 6.07 Å². The Morgan fingerprint density at radius 1 is 1.50 bits per heavy atom. The predicted octanol–water partition coefficient (Wildman–Crippen LogP) is 2.74. The molecular formula is C12H14O2. The van der Waals surface area contributed by atoms with E-state index in [4.69, 9.17) is 5.11 Å². The van der Waals surface area contributed by atoms with Gasteiger partial charge in [0.05, 0.1) is 5.56 Å². The minimum absolute atomic E-state index is 0.495. The number of aromatic carboxylic acids is 1. The molecule has 2 rings (SSSR count). The Morgan fingerprint density at radius 3 is 2.86 bits per heavy atom. The van der Waals surface area contributed by atoms with Crippen LogP contribution in [0, 0.1) is 6.92 Å². The molecular weight excluding hydrogens is 176 g/mol. The number of carboxylic acids is 1. The third-order valence-electron chi connectivity index (χ3n) is 3.13. The summed E-state index contributed by atoms with van der Waals surface area (Å²) in [5.41, 5.74) is 4.06. The van der Waals surface area contributed by atoms with Crippen LogP contribution in [0.4, 0.5) is 0 Å². The quantitative estimate of drug-likeness (QED) is 0.739. The normalized spacial score (nSPS) is 19.4. The van der Waals surface area contributed by atoms with Gasteiger partial charge in [0.1, 0.15) is 0 Å². The number of hydrogen-bond donors (Lipinski definition) is 1. The van der Waals surface area contributed by atoms with Gasteiger partial charge in [0.2, 0.25) is 0 Å². The van der Waals surface area contributed by atoms with Crippen molar-refractivity contribution in [1.29, 1.82) is 0 Å². The molecule has 2 nitrogen and oxygen atoms in total. The molecule has 0 aromatic heterocycles. The second kappa shape index (κ2) is 3.12. The van der Waals surface area contributed by atoms with Crippen molar-refractivity contribution in [1.82, 2.24) is 0 Å². The fourth-order valence-corrected chi connectivity index (χ4v) is 2.44. The zero-order chi connectivity index (χ0) is 10.3. The van der Waals surface area contributed by atoms with Crippen LogP contribution in [0.1, 0.15) is 46.3 Å². The summed E-state index contributed by atoms with van der Waals surface area (Å²) < 4.78 is 0. The van der Waals surface area contributed by atoms with Crippen molar-refractivity contribution < 1.29 is 9.90 Å². The average Bonchev–Trinajstić information content (AvgIpc) is 2.49. The highest BCUT2D eigenvalue weighted by Crippen LogP contribution is 2.36. The van der Waals surface area contributed by atoms with Crippen LogP contribution in [-0.4, -0.2) is 11.1 Å². The van der Waals surface area contributed by atoms with E-state index in [1.165, 1.54) is 11.1 Å². The molecule has 0 bridgehead atoms. The maximum absolute atomic E-state index is 11.0. The summed E-state index contributed by atoms with van der Waals surface area (Å²) in [4.78, 5) is 11.0. The van der Waals surface area contributed by atoms with Crippen LogP contribution in [0.5, 0.6) is 0 Å². The van der Waals surface area contributed by atoms with E-state index >= 15 is 0 Å². The van der Waals surface area contributed by atoms with Gasteiger partial charge in [-0.1, -0.05) is 13.0 Å². The fraction of sp³-hybridized carbons (Fsp3) is 0.417. The first kappa shape index (κ1) is 9.25. The molecule has 14 heavy (non-hydrogen) atoms. The van der Waals surface area contributed by atoms with E-state index in [0.717, 1.165) is 18.4 Å². The minimum atomic E-state index is -0.796. The third kappa shape index (κ3) is 1.22. The molecule has 0 aliphatic heterocycles. The van der Waals surface area contributed by atoms with E-state index in [0.29, 0.717) is 11.5 Å². The number of fused-ring (bicyclic) bond motifs is 1. The Bertz CT molecular complexity index is 394. The Kier molecular flexibility index (Phi) is 2.06. The van der Waals surface area contributed by atoms with Crippen LogP contribution in [0.2, 0.25) is 0 Å². The minimum Gasteiger partial charge on any atom is -0.478 e. The first-order chi connectivity index (χ1) is 6.61. The molecule has 0 heterocycles. The SMILES string of the molecule is Cc1ccc(C(=O)O)c2c1[C@H](C)CC2. The van der Waals surface area contributed by atoms with Gasteiger partial charge in [-0.3, -0.25) is 0 Å². The average molecular weight is 190 g/mol. The number of hydrogen-bond acceptors (Lipinski definition) is 1. The summed E-state index contributed by atoms with van der Waals surface area (Å²) in [7, 11) is 0. The fourth-order valence-electron chi connectivity index (χ4n) is 2.44. The van der Waals surface area contributed by atoms with Gasteiger partial charge in [0, 0.05) is 0 Å². The second-order valence-corrected chi connectivity index (χ2v) is 4.07. The molecule has 0 spiro atoms. The van der Waals surface area contributed by atoms with Gasteiger partial charge in [0.25, 0.3) is 0 Å². The monoisotopic (exact) mass is 190 g/mol. The third-order valence-corrected chi connectivity index (χ3v) is 3.13. The Balaban J connectivity index is 2.64. The van der Waals surface area contributed by atoms with Crippen molar-refractivity contribution >= 4 is 5.97 Å². The lowest BCUT2D eigenvalue weighted by molar-refractivity contribution is 0.0696. The molecule has 0 saturated heterocycles. The molecule has 1 aromatic rings. The van der Waals surface area contributed by atoms with E-state index in [2.05, 4.69) is 13.8 Å². The van der Waals surface area contributed by atoms with Crippen molar-refractivity contribution in [2.45, 2.75) is 32.6 Å². The highest BCUT2D eigenvalue weighted by atomic mass is 16.4. The van der Waals surface area contributed by atoms with Gasteiger partial charge >= 0.3 is 5.97 Å². The molecule has 0 saturated carbocycles. The number of carboxylic acid groups (broad SMARTS) is 1. The molecule has 0 radical (unpaired) electrons. The molecule has 0 fully saturated rings. The van der Waals surface area contributed by atoms with Crippen LogP contribution in [0.25, 0.3) is 0 Å². The van der Waals surface area contributed by atoms with E-state index in [9.17, 15) is 4.79 Å². The topological polar surface area (TPSA) is 37.3 Å². The van der Waals surface area contributed by atoms with Gasteiger partial charge in [-0.25, -0.2) is 4.79 Å². The lowest BCUT2D eigenvalue weighted by Crippen LogP contribution is -2.03. The van der Waals surface area contributed by atoms with Gasteiger partial charge in [0.15, 0.2) is 0 Å². The first-order valence-electron chi connectivity index (χ1n) is 4.97. The molecule has 1 aliphatic carbocycles. The van der Waals surface area contributed by atoms with Crippen molar-refractivity contribution in [2.24, 2.45) is 0 Å². The van der Waals surface area contributed by atoms with Crippen LogP contribution in [0.15, 0.2) is 12.1 Å². The summed E-state index contributed by atoms with van der Waals surface area (Å²) in [5.74, 6) is -0.278. The van der Waals surface area contributed by atoms with Crippen LogP contribution in [-0.2, 0) is 6.42 Å². The maximum Gasteiger partial charge on any atom is 0.335 e. The summed E-state index contributed by atoms with van der Waals surface area (Å²) in [6, 6.07) is 3.65. The van der Waals surface area contributed by atoms with Crippen molar-refractivity contribution in [3.8, 4) is 0 Å². The molecule has 74 valence electrons. The van der Waals surface area contributed by atoms with Crippen molar-refractivity contribution in [3.63, 3.8) is 0 Å². The summed E-state index contributed by atoms with van der Waals surface area (Å²) in [5, 5.41) is 9.03. The van der Waals surface area contributed by atoms with Gasteiger partial charge in [-0.2, -0.15) is 0 Å². The number of rotatable bonds is 1. The van der Waals surface area contributed by atoms with Crippen molar-refractivity contribution in [3.05, 3.63) is 34.4 Å². The zero-order valence-electron chi connectivity index (χ0n) is 8.50. The molecule has 0 unspecified atom stereocenters. The highest BCUT2D eigenvalue weighted by molar-refractivity contribution is 5.90. The van der Waals surface area contributed by atoms with Crippen molar-refractivity contribution in [2.75, 3.05) is 0 Å². The van der Waals surface area contributed by atoms with Crippen LogP contribution < -0.4 is 0 Å². The van der Waals surface area contributed by atoms with Gasteiger partial charge in [-0.15, -0.1) is 0 Å². The molecule has 1 atom stereocenters. The smallest absolute Gasteiger partial charge is 0.335 e. The first-order valence-corrected chi connectivity index (χ1v) is 4.97. The Hall–Kier alpha value is -1.31. The number of aryl methyl sites for hydroxylation is 1. The van der Waals surface area contributed by atoms with E-state index in [1.54, 1.807) is 6.07 Å². The lowest BCUT2D eigenvalue weighted by atomic mass is 9.95. The Morgan fingerprint density at radius 2 is 2.21 bits per heavy atom. The molecule has 1 N–H and O–H groups in total. The molecule has 1 aliphatic rings. The van der Waals surface area contributed by atoms with Gasteiger partial charge < -0.3 is 5.11 Å². The Labute approximate surface area is 83.6 Å². The maximum atomic E-state index is 11.0. The molecule has 1 aromatic carbocycles. The predicted molar refractivity (Wildman–Crippen MR) is 54.9 cm³/mol. The summed E-state index contributed by atoms with van der Waals surface area (Å²) >= 11 is 0. The lowest BCUT2D eigenvalue weighted by Gasteiger charge is -2.10. The van der Waals surface area contributed by atoms with Crippen LogP contribution >= 0.6 is 0 Å².